The number of hydrogen-bond acceptors (Lipinski definition) is 3. The normalized spacial score (nSPS) is 20.1. The molecule has 2 N–H and O–H groups in total. The summed E-state index contributed by atoms with van der Waals surface area (Å²) in [6, 6.07) is 1.98. The fraction of sp³-hybridized carbons (Fsp3) is 0.688. The zero-order valence-corrected chi connectivity index (χ0v) is 13.2. The number of carbonyl (C=O) groups excluding carboxylic acids is 1. The van der Waals surface area contributed by atoms with Crippen molar-refractivity contribution in [3.8, 4) is 0 Å². The van der Waals surface area contributed by atoms with Gasteiger partial charge in [-0.25, -0.2) is 0 Å². The van der Waals surface area contributed by atoms with Crippen LogP contribution in [-0.4, -0.2) is 35.8 Å². The molecule has 118 valence electrons. The average molecular weight is 294 g/mol. The molecule has 0 radical (unpaired) electrons. The third-order valence-corrected chi connectivity index (χ3v) is 4.07. The Hall–Kier alpha value is -1.33. The maximum Gasteiger partial charge on any atom is 0.221 e. The SMILES string of the molecule is COCCNC(=O)CCn1ccc2c1CC(C)(C)CC2O. The molecule has 5 heteroatoms. The Labute approximate surface area is 126 Å². The molecule has 0 bridgehead atoms. The maximum atomic E-state index is 11.7. The Morgan fingerprint density at radius 2 is 2.33 bits per heavy atom. The highest BCUT2D eigenvalue weighted by molar-refractivity contribution is 5.75. The second-order valence-corrected chi connectivity index (χ2v) is 6.56. The molecule has 1 atom stereocenters. The van der Waals surface area contributed by atoms with Crippen LogP contribution in [0.5, 0.6) is 0 Å². The van der Waals surface area contributed by atoms with E-state index in [1.807, 2.05) is 12.3 Å². The Balaban J connectivity index is 1.95. The standard InChI is InChI=1S/C16H26N2O3/c1-16(2)10-13-12(14(19)11-16)4-7-18(13)8-5-15(20)17-6-9-21-3/h4,7,14,19H,5-6,8-11H2,1-3H3,(H,17,20). The number of nitrogens with one attached hydrogen (secondary N) is 1. The van der Waals surface area contributed by atoms with E-state index in [1.165, 1.54) is 5.69 Å². The van der Waals surface area contributed by atoms with E-state index in [1.54, 1.807) is 7.11 Å². The molecule has 1 heterocycles. The number of rotatable bonds is 6. The molecule has 2 rings (SSSR count). The molecule has 0 spiro atoms. The van der Waals surface area contributed by atoms with Gasteiger partial charge in [-0.15, -0.1) is 0 Å². The number of methoxy groups -OCH3 is 1. The van der Waals surface area contributed by atoms with Gasteiger partial charge in [-0.05, 0) is 24.3 Å². The van der Waals surface area contributed by atoms with E-state index < -0.39 is 0 Å². The molecule has 1 unspecified atom stereocenters. The van der Waals surface area contributed by atoms with Gasteiger partial charge in [-0.2, -0.15) is 0 Å². The van der Waals surface area contributed by atoms with Crippen LogP contribution in [0.15, 0.2) is 12.3 Å². The third kappa shape index (κ3) is 4.08. The molecule has 0 aromatic carbocycles. The minimum absolute atomic E-state index is 0.0325. The van der Waals surface area contributed by atoms with Gasteiger partial charge in [0.1, 0.15) is 0 Å². The second kappa shape index (κ2) is 6.62. The van der Waals surface area contributed by atoms with E-state index in [0.717, 1.165) is 18.4 Å². The maximum absolute atomic E-state index is 11.7. The minimum atomic E-state index is -0.388. The van der Waals surface area contributed by atoms with Crippen molar-refractivity contribution < 1.29 is 14.6 Å². The van der Waals surface area contributed by atoms with Crippen molar-refractivity contribution in [2.45, 2.75) is 45.8 Å². The molecular weight excluding hydrogens is 268 g/mol. The van der Waals surface area contributed by atoms with Crippen LogP contribution in [0, 0.1) is 5.41 Å². The lowest BCUT2D eigenvalue weighted by Crippen LogP contribution is -2.29. The average Bonchev–Trinajstić information content (AvgIpc) is 2.78. The van der Waals surface area contributed by atoms with Crippen molar-refractivity contribution in [1.82, 2.24) is 9.88 Å². The van der Waals surface area contributed by atoms with E-state index in [9.17, 15) is 9.90 Å². The van der Waals surface area contributed by atoms with E-state index in [4.69, 9.17) is 4.74 Å². The lowest BCUT2D eigenvalue weighted by molar-refractivity contribution is -0.121. The largest absolute Gasteiger partial charge is 0.388 e. The molecule has 21 heavy (non-hydrogen) atoms. The monoisotopic (exact) mass is 294 g/mol. The van der Waals surface area contributed by atoms with E-state index in [-0.39, 0.29) is 17.4 Å². The van der Waals surface area contributed by atoms with E-state index in [2.05, 4.69) is 23.7 Å². The first kappa shape index (κ1) is 16.0. The number of nitrogens with zero attached hydrogens (tertiary/aromatic N) is 1. The molecular formula is C16H26N2O3. The zero-order valence-electron chi connectivity index (χ0n) is 13.2. The number of aliphatic hydroxyl groups excluding tert-OH is 1. The zero-order chi connectivity index (χ0) is 15.5. The van der Waals surface area contributed by atoms with Gasteiger partial charge in [0, 0.05) is 44.1 Å². The molecule has 0 aliphatic heterocycles. The van der Waals surface area contributed by atoms with Crippen LogP contribution in [0.25, 0.3) is 0 Å². The van der Waals surface area contributed by atoms with Crippen molar-refractivity contribution in [2.75, 3.05) is 20.3 Å². The lowest BCUT2D eigenvalue weighted by atomic mass is 9.75. The van der Waals surface area contributed by atoms with Crippen molar-refractivity contribution >= 4 is 5.91 Å². The van der Waals surface area contributed by atoms with Crippen LogP contribution >= 0.6 is 0 Å². The van der Waals surface area contributed by atoms with Crippen molar-refractivity contribution in [2.24, 2.45) is 5.41 Å². The number of hydrogen-bond donors (Lipinski definition) is 2. The van der Waals surface area contributed by atoms with Gasteiger partial charge in [0.25, 0.3) is 0 Å². The van der Waals surface area contributed by atoms with Crippen LogP contribution in [0.3, 0.4) is 0 Å². The molecule has 1 amide bonds. The number of amides is 1. The van der Waals surface area contributed by atoms with Gasteiger partial charge < -0.3 is 19.7 Å². The van der Waals surface area contributed by atoms with E-state index >= 15 is 0 Å². The van der Waals surface area contributed by atoms with Gasteiger partial charge in [0.15, 0.2) is 0 Å². The molecule has 0 fully saturated rings. The summed E-state index contributed by atoms with van der Waals surface area (Å²) in [5.41, 5.74) is 2.29. The van der Waals surface area contributed by atoms with Crippen molar-refractivity contribution in [3.63, 3.8) is 0 Å². The summed E-state index contributed by atoms with van der Waals surface area (Å²) in [4.78, 5) is 11.7. The van der Waals surface area contributed by atoms with E-state index in [0.29, 0.717) is 26.1 Å². The quantitative estimate of drug-likeness (QED) is 0.784. The minimum Gasteiger partial charge on any atom is -0.388 e. The molecule has 1 aliphatic carbocycles. The number of aromatic nitrogens is 1. The van der Waals surface area contributed by atoms with Gasteiger partial charge in [0.05, 0.1) is 12.7 Å². The first-order chi connectivity index (χ1) is 9.93. The Morgan fingerprint density at radius 3 is 3.05 bits per heavy atom. The summed E-state index contributed by atoms with van der Waals surface area (Å²) in [6.07, 6.45) is 3.78. The van der Waals surface area contributed by atoms with Crippen LogP contribution < -0.4 is 5.32 Å². The molecule has 1 aliphatic rings. The fourth-order valence-corrected chi connectivity index (χ4v) is 3.00. The number of aryl methyl sites for hydroxylation is 1. The predicted octanol–water partition coefficient (Wildman–Crippen LogP) is 1.65. The highest BCUT2D eigenvalue weighted by atomic mass is 16.5. The van der Waals surface area contributed by atoms with Crippen LogP contribution in [0.2, 0.25) is 0 Å². The van der Waals surface area contributed by atoms with Gasteiger partial charge in [-0.3, -0.25) is 4.79 Å². The van der Waals surface area contributed by atoms with Crippen molar-refractivity contribution in [1.29, 1.82) is 0 Å². The Morgan fingerprint density at radius 1 is 1.57 bits per heavy atom. The van der Waals surface area contributed by atoms with Gasteiger partial charge in [-0.1, -0.05) is 13.8 Å². The Bertz CT molecular complexity index is 494. The van der Waals surface area contributed by atoms with Gasteiger partial charge in [0.2, 0.25) is 5.91 Å². The first-order valence-corrected chi connectivity index (χ1v) is 7.54. The summed E-state index contributed by atoms with van der Waals surface area (Å²) >= 11 is 0. The fourth-order valence-electron chi connectivity index (χ4n) is 3.00. The molecule has 0 saturated heterocycles. The number of aliphatic hydroxyl groups is 1. The number of fused-ring (bicyclic) bond motifs is 1. The Kier molecular flexibility index (Phi) is 5.06. The molecule has 1 aromatic rings. The topological polar surface area (TPSA) is 63.5 Å². The van der Waals surface area contributed by atoms with Crippen molar-refractivity contribution in [3.05, 3.63) is 23.5 Å². The summed E-state index contributed by atoms with van der Waals surface area (Å²) in [6.45, 7) is 6.08. The summed E-state index contributed by atoms with van der Waals surface area (Å²) < 4.78 is 7.01. The summed E-state index contributed by atoms with van der Waals surface area (Å²) in [7, 11) is 1.62. The lowest BCUT2D eigenvalue weighted by Gasteiger charge is -2.34. The highest BCUT2D eigenvalue weighted by Gasteiger charge is 2.33. The predicted molar refractivity (Wildman–Crippen MR) is 81.0 cm³/mol. The number of ether oxygens (including phenoxy) is 1. The van der Waals surface area contributed by atoms with Crippen LogP contribution in [0.1, 0.15) is 44.1 Å². The third-order valence-electron chi connectivity index (χ3n) is 4.07. The number of carbonyl (C=O) groups is 1. The summed E-state index contributed by atoms with van der Waals surface area (Å²) in [5.74, 6) is 0.0325. The van der Waals surface area contributed by atoms with Crippen LogP contribution in [0.4, 0.5) is 0 Å². The second-order valence-electron chi connectivity index (χ2n) is 6.56. The highest BCUT2D eigenvalue weighted by Crippen LogP contribution is 2.41. The first-order valence-electron chi connectivity index (χ1n) is 7.54. The smallest absolute Gasteiger partial charge is 0.221 e. The molecule has 1 aromatic heterocycles. The summed E-state index contributed by atoms with van der Waals surface area (Å²) in [5, 5.41) is 13.0. The van der Waals surface area contributed by atoms with Gasteiger partial charge >= 0.3 is 0 Å². The molecule has 5 nitrogen and oxygen atoms in total. The van der Waals surface area contributed by atoms with Crippen LogP contribution in [-0.2, 0) is 22.5 Å². The molecule has 0 saturated carbocycles.